The predicted molar refractivity (Wildman–Crippen MR) is 99.7 cm³/mol. The zero-order valence-corrected chi connectivity index (χ0v) is 14.8. The van der Waals surface area contributed by atoms with Crippen molar-refractivity contribution in [3.05, 3.63) is 80.6 Å². The standard InChI is InChI=1S/C19H15ClN2O4/c1-11-6-7-15(22(24)25)18(12(11)2)21-19(23)17-9-8-16(26-17)13-4-3-5-14(20)10-13/h3-10H,1-2H3,(H,21,23). The number of nitrogens with zero attached hydrogens (tertiary/aromatic N) is 1. The minimum absolute atomic E-state index is 0.0511. The van der Waals surface area contributed by atoms with Crippen LogP contribution in [0.15, 0.2) is 52.9 Å². The number of carbonyl (C=O) groups excluding carboxylic acids is 1. The Hall–Kier alpha value is -3.12. The second-order valence-corrected chi connectivity index (χ2v) is 6.22. The van der Waals surface area contributed by atoms with Crippen molar-refractivity contribution >= 4 is 28.9 Å². The predicted octanol–water partition coefficient (Wildman–Crippen LogP) is 5.38. The SMILES string of the molecule is Cc1ccc([N+](=O)[O-])c(NC(=O)c2ccc(-c3cccc(Cl)c3)o2)c1C. The summed E-state index contributed by atoms with van der Waals surface area (Å²) in [6.45, 7) is 3.54. The summed E-state index contributed by atoms with van der Waals surface area (Å²) in [6.07, 6.45) is 0. The Morgan fingerprint density at radius 1 is 1.15 bits per heavy atom. The van der Waals surface area contributed by atoms with E-state index < -0.39 is 10.8 Å². The van der Waals surface area contributed by atoms with Crippen molar-refractivity contribution < 1.29 is 14.1 Å². The van der Waals surface area contributed by atoms with Gasteiger partial charge in [0.1, 0.15) is 11.4 Å². The van der Waals surface area contributed by atoms with Crippen LogP contribution in [-0.2, 0) is 0 Å². The Labute approximate surface area is 154 Å². The first-order valence-electron chi connectivity index (χ1n) is 7.78. The molecular weight excluding hydrogens is 356 g/mol. The van der Waals surface area contributed by atoms with Gasteiger partial charge in [0.25, 0.3) is 11.6 Å². The summed E-state index contributed by atoms with van der Waals surface area (Å²) in [5, 5.41) is 14.4. The lowest BCUT2D eigenvalue weighted by atomic mass is 10.1. The van der Waals surface area contributed by atoms with Gasteiger partial charge in [-0.3, -0.25) is 14.9 Å². The van der Waals surface area contributed by atoms with Crippen molar-refractivity contribution in [1.82, 2.24) is 0 Å². The van der Waals surface area contributed by atoms with Gasteiger partial charge in [-0.2, -0.15) is 0 Å². The van der Waals surface area contributed by atoms with E-state index in [2.05, 4.69) is 5.32 Å². The molecule has 0 radical (unpaired) electrons. The molecule has 0 aliphatic rings. The summed E-state index contributed by atoms with van der Waals surface area (Å²) in [5.74, 6) is -0.0293. The number of aryl methyl sites for hydroxylation is 1. The summed E-state index contributed by atoms with van der Waals surface area (Å²) >= 11 is 5.97. The molecule has 1 aromatic heterocycles. The smallest absolute Gasteiger partial charge is 0.293 e. The molecule has 132 valence electrons. The van der Waals surface area contributed by atoms with Gasteiger partial charge in [0.2, 0.25) is 0 Å². The van der Waals surface area contributed by atoms with Gasteiger partial charge in [0, 0.05) is 16.7 Å². The first kappa shape index (κ1) is 17.7. The second kappa shape index (κ2) is 7.01. The Morgan fingerprint density at radius 2 is 1.92 bits per heavy atom. The lowest BCUT2D eigenvalue weighted by molar-refractivity contribution is -0.384. The molecule has 26 heavy (non-hydrogen) atoms. The molecule has 0 atom stereocenters. The van der Waals surface area contributed by atoms with Crippen LogP contribution in [0.3, 0.4) is 0 Å². The van der Waals surface area contributed by atoms with E-state index >= 15 is 0 Å². The van der Waals surface area contributed by atoms with Crippen molar-refractivity contribution in [3.63, 3.8) is 0 Å². The van der Waals surface area contributed by atoms with Crippen LogP contribution in [0.2, 0.25) is 5.02 Å². The average Bonchev–Trinajstić information content (AvgIpc) is 3.09. The first-order chi connectivity index (χ1) is 12.4. The highest BCUT2D eigenvalue weighted by Gasteiger charge is 2.21. The van der Waals surface area contributed by atoms with Gasteiger partial charge in [-0.15, -0.1) is 0 Å². The highest BCUT2D eigenvalue weighted by atomic mass is 35.5. The number of nitro groups is 1. The van der Waals surface area contributed by atoms with E-state index in [0.717, 1.165) is 11.1 Å². The monoisotopic (exact) mass is 370 g/mol. The maximum atomic E-state index is 12.5. The molecule has 0 saturated carbocycles. The van der Waals surface area contributed by atoms with Gasteiger partial charge in [-0.1, -0.05) is 29.8 Å². The summed E-state index contributed by atoms with van der Waals surface area (Å²) in [4.78, 5) is 23.2. The van der Waals surface area contributed by atoms with Gasteiger partial charge < -0.3 is 9.73 Å². The van der Waals surface area contributed by atoms with Gasteiger partial charge in [-0.25, -0.2) is 0 Å². The third-order valence-electron chi connectivity index (χ3n) is 4.09. The van der Waals surface area contributed by atoms with Gasteiger partial charge in [0.15, 0.2) is 5.76 Å². The number of rotatable bonds is 4. The van der Waals surface area contributed by atoms with E-state index in [9.17, 15) is 14.9 Å². The number of nitro benzene ring substituents is 1. The Morgan fingerprint density at radius 3 is 2.62 bits per heavy atom. The third-order valence-corrected chi connectivity index (χ3v) is 4.32. The summed E-state index contributed by atoms with van der Waals surface area (Å²) in [7, 11) is 0. The molecule has 0 unspecified atom stereocenters. The lowest BCUT2D eigenvalue weighted by Crippen LogP contribution is -2.13. The van der Waals surface area contributed by atoms with Gasteiger partial charge in [0.05, 0.1) is 4.92 Å². The fourth-order valence-corrected chi connectivity index (χ4v) is 2.73. The van der Waals surface area contributed by atoms with E-state index in [-0.39, 0.29) is 17.1 Å². The Balaban J connectivity index is 1.91. The lowest BCUT2D eigenvalue weighted by Gasteiger charge is -2.10. The van der Waals surface area contributed by atoms with Crippen molar-refractivity contribution in [1.29, 1.82) is 0 Å². The fraction of sp³-hybridized carbons (Fsp3) is 0.105. The maximum absolute atomic E-state index is 12.5. The number of hydrogen-bond donors (Lipinski definition) is 1. The summed E-state index contributed by atoms with van der Waals surface area (Å²) < 4.78 is 5.59. The normalized spacial score (nSPS) is 10.6. The number of hydrogen-bond acceptors (Lipinski definition) is 4. The quantitative estimate of drug-likeness (QED) is 0.493. The van der Waals surface area contributed by atoms with Crippen LogP contribution in [0.1, 0.15) is 21.7 Å². The molecule has 0 saturated heterocycles. The van der Waals surface area contributed by atoms with Crippen molar-refractivity contribution in [2.75, 3.05) is 5.32 Å². The number of nitrogens with one attached hydrogen (secondary N) is 1. The molecule has 3 aromatic rings. The summed E-state index contributed by atoms with van der Waals surface area (Å²) in [6, 6.07) is 13.2. The van der Waals surface area contributed by atoms with E-state index in [1.165, 1.54) is 12.1 Å². The van der Waals surface area contributed by atoms with E-state index in [1.54, 1.807) is 37.3 Å². The largest absolute Gasteiger partial charge is 0.451 e. The number of furan rings is 1. The van der Waals surface area contributed by atoms with Crippen LogP contribution in [0.4, 0.5) is 11.4 Å². The molecule has 3 rings (SSSR count). The van der Waals surface area contributed by atoms with Crippen molar-refractivity contribution in [2.24, 2.45) is 0 Å². The zero-order chi connectivity index (χ0) is 18.8. The minimum Gasteiger partial charge on any atom is -0.451 e. The zero-order valence-electron chi connectivity index (χ0n) is 14.1. The summed E-state index contributed by atoms with van der Waals surface area (Å²) in [5.41, 5.74) is 2.21. The van der Waals surface area contributed by atoms with Crippen LogP contribution in [0, 0.1) is 24.0 Å². The number of carbonyl (C=O) groups is 1. The van der Waals surface area contributed by atoms with Crippen LogP contribution >= 0.6 is 11.6 Å². The molecule has 0 bridgehead atoms. The highest BCUT2D eigenvalue weighted by molar-refractivity contribution is 6.30. The van der Waals surface area contributed by atoms with E-state index in [1.807, 2.05) is 13.0 Å². The van der Waals surface area contributed by atoms with Crippen molar-refractivity contribution in [2.45, 2.75) is 13.8 Å². The number of benzene rings is 2. The molecule has 0 aliphatic carbocycles. The van der Waals surface area contributed by atoms with Crippen LogP contribution < -0.4 is 5.32 Å². The maximum Gasteiger partial charge on any atom is 0.293 e. The number of anilines is 1. The second-order valence-electron chi connectivity index (χ2n) is 5.79. The van der Waals surface area contributed by atoms with Gasteiger partial charge >= 0.3 is 0 Å². The molecule has 6 nitrogen and oxygen atoms in total. The molecule has 7 heteroatoms. The molecule has 1 N–H and O–H groups in total. The Kier molecular flexibility index (Phi) is 4.77. The number of amides is 1. The van der Waals surface area contributed by atoms with Crippen LogP contribution in [0.5, 0.6) is 0 Å². The number of halogens is 1. The van der Waals surface area contributed by atoms with Crippen LogP contribution in [-0.4, -0.2) is 10.8 Å². The minimum atomic E-state index is -0.560. The Bertz CT molecular complexity index is 1010. The molecule has 1 heterocycles. The molecule has 0 spiro atoms. The van der Waals surface area contributed by atoms with Gasteiger partial charge in [-0.05, 0) is 49.2 Å². The highest BCUT2D eigenvalue weighted by Crippen LogP contribution is 2.31. The molecule has 1 amide bonds. The van der Waals surface area contributed by atoms with E-state index in [4.69, 9.17) is 16.0 Å². The molecule has 2 aromatic carbocycles. The van der Waals surface area contributed by atoms with Crippen molar-refractivity contribution in [3.8, 4) is 11.3 Å². The first-order valence-corrected chi connectivity index (χ1v) is 8.16. The van der Waals surface area contributed by atoms with Crippen LogP contribution in [0.25, 0.3) is 11.3 Å². The average molecular weight is 371 g/mol. The molecule has 0 aliphatic heterocycles. The molecular formula is C19H15ClN2O4. The third kappa shape index (κ3) is 3.45. The molecule has 0 fully saturated rings. The van der Waals surface area contributed by atoms with E-state index in [0.29, 0.717) is 16.3 Å². The topological polar surface area (TPSA) is 85.4 Å². The fourth-order valence-electron chi connectivity index (χ4n) is 2.54.